The number of nitrogens with two attached hydrogens (primary N) is 2. The Labute approximate surface area is 94.4 Å². The molecule has 0 aliphatic carbocycles. The molecule has 4 N–H and O–H groups in total. The third-order valence-corrected chi connectivity index (χ3v) is 2.91. The maximum atomic E-state index is 11.4. The Morgan fingerprint density at radius 2 is 2.25 bits per heavy atom. The summed E-state index contributed by atoms with van der Waals surface area (Å²) in [5.74, 6) is -0.276. The fourth-order valence-electron chi connectivity index (χ4n) is 2.14. The van der Waals surface area contributed by atoms with Crippen LogP contribution in [0.1, 0.15) is 19.3 Å². The zero-order chi connectivity index (χ0) is 11.5. The predicted molar refractivity (Wildman–Crippen MR) is 62.8 cm³/mol. The fraction of sp³-hybridized carbons (Fsp3) is 0.455. The van der Waals surface area contributed by atoms with Gasteiger partial charge in [0.05, 0.1) is 17.6 Å². The van der Waals surface area contributed by atoms with Gasteiger partial charge in [-0.05, 0) is 25.3 Å². The number of amides is 1. The highest BCUT2D eigenvalue weighted by atomic mass is 16.1. The van der Waals surface area contributed by atoms with Crippen LogP contribution in [-0.2, 0) is 4.79 Å². The number of nitrogens with zero attached hydrogens (tertiary/aromatic N) is 2. The van der Waals surface area contributed by atoms with E-state index in [1.165, 1.54) is 0 Å². The van der Waals surface area contributed by atoms with Gasteiger partial charge in [0.15, 0.2) is 0 Å². The van der Waals surface area contributed by atoms with E-state index < -0.39 is 0 Å². The first-order valence-corrected chi connectivity index (χ1v) is 5.45. The highest BCUT2D eigenvalue weighted by Gasteiger charge is 2.27. The Morgan fingerprint density at radius 1 is 1.44 bits per heavy atom. The number of hydrogen-bond donors (Lipinski definition) is 2. The Balaban J connectivity index is 2.26. The molecule has 5 heteroatoms. The fourth-order valence-corrected chi connectivity index (χ4v) is 2.14. The number of hydrogen-bond acceptors (Lipinski definition) is 4. The topological polar surface area (TPSA) is 85.2 Å². The highest BCUT2D eigenvalue weighted by molar-refractivity contribution is 5.84. The summed E-state index contributed by atoms with van der Waals surface area (Å²) in [6.07, 6.45) is 6.23. The second-order valence-electron chi connectivity index (χ2n) is 4.08. The maximum Gasteiger partial charge on any atom is 0.240 e. The predicted octanol–water partition coefficient (Wildman–Crippen LogP) is 0.508. The summed E-state index contributed by atoms with van der Waals surface area (Å²) < 4.78 is 0. The molecule has 0 radical (unpaired) electrons. The van der Waals surface area contributed by atoms with Gasteiger partial charge >= 0.3 is 0 Å². The Kier molecular flexibility index (Phi) is 2.94. The smallest absolute Gasteiger partial charge is 0.240 e. The molecule has 0 saturated carbocycles. The first kappa shape index (κ1) is 10.7. The number of nitrogen functional groups attached to an aromatic ring is 1. The van der Waals surface area contributed by atoms with Crippen molar-refractivity contribution in [1.82, 2.24) is 4.98 Å². The van der Waals surface area contributed by atoms with Gasteiger partial charge in [-0.1, -0.05) is 0 Å². The van der Waals surface area contributed by atoms with Gasteiger partial charge in [-0.3, -0.25) is 9.78 Å². The lowest BCUT2D eigenvalue weighted by atomic mass is 10.0. The SMILES string of the molecule is NC(=O)[C@@H]1CCCCN1c1cncc(N)c1. The van der Waals surface area contributed by atoms with Crippen molar-refractivity contribution in [3.05, 3.63) is 18.5 Å². The van der Waals surface area contributed by atoms with Crippen LogP contribution in [0.2, 0.25) is 0 Å². The molecule has 1 amide bonds. The van der Waals surface area contributed by atoms with Crippen LogP contribution < -0.4 is 16.4 Å². The second kappa shape index (κ2) is 4.38. The highest BCUT2D eigenvalue weighted by Crippen LogP contribution is 2.25. The molecule has 86 valence electrons. The van der Waals surface area contributed by atoms with Crippen LogP contribution >= 0.6 is 0 Å². The lowest BCUT2D eigenvalue weighted by Crippen LogP contribution is -2.47. The summed E-state index contributed by atoms with van der Waals surface area (Å²) in [7, 11) is 0. The van der Waals surface area contributed by atoms with Gasteiger partial charge in [0.2, 0.25) is 5.91 Å². The zero-order valence-corrected chi connectivity index (χ0v) is 9.10. The van der Waals surface area contributed by atoms with Crippen LogP contribution in [-0.4, -0.2) is 23.5 Å². The van der Waals surface area contributed by atoms with E-state index in [0.29, 0.717) is 5.69 Å². The molecule has 2 heterocycles. The van der Waals surface area contributed by atoms with Gasteiger partial charge in [-0.25, -0.2) is 0 Å². The molecule has 0 aromatic carbocycles. The molecular weight excluding hydrogens is 204 g/mol. The normalized spacial score (nSPS) is 20.8. The monoisotopic (exact) mass is 220 g/mol. The average Bonchev–Trinajstić information content (AvgIpc) is 2.29. The van der Waals surface area contributed by atoms with Crippen LogP contribution in [0.15, 0.2) is 18.5 Å². The van der Waals surface area contributed by atoms with E-state index in [4.69, 9.17) is 11.5 Å². The van der Waals surface area contributed by atoms with Crippen molar-refractivity contribution in [3.63, 3.8) is 0 Å². The molecule has 16 heavy (non-hydrogen) atoms. The molecule has 1 saturated heterocycles. The van der Waals surface area contributed by atoms with Crippen molar-refractivity contribution >= 4 is 17.3 Å². The van der Waals surface area contributed by atoms with E-state index in [0.717, 1.165) is 31.5 Å². The lowest BCUT2D eigenvalue weighted by molar-refractivity contribution is -0.119. The Morgan fingerprint density at radius 3 is 2.94 bits per heavy atom. The molecule has 1 aliphatic heterocycles. The zero-order valence-electron chi connectivity index (χ0n) is 9.10. The minimum Gasteiger partial charge on any atom is -0.397 e. The van der Waals surface area contributed by atoms with Crippen LogP contribution in [0.3, 0.4) is 0 Å². The standard InChI is InChI=1S/C11H16N4O/c12-8-5-9(7-14-6-8)15-4-2-1-3-10(15)11(13)16/h5-7,10H,1-4,12H2,(H2,13,16)/t10-/m0/s1. The molecule has 1 aliphatic rings. The number of piperidine rings is 1. The summed E-state index contributed by atoms with van der Waals surface area (Å²) in [6.45, 7) is 0.832. The van der Waals surface area contributed by atoms with Crippen molar-refractivity contribution in [2.75, 3.05) is 17.2 Å². The summed E-state index contributed by atoms with van der Waals surface area (Å²) in [4.78, 5) is 17.4. The Hall–Kier alpha value is -1.78. The molecule has 0 bridgehead atoms. The Bertz CT molecular complexity index is 393. The van der Waals surface area contributed by atoms with Gasteiger partial charge in [0.25, 0.3) is 0 Å². The summed E-state index contributed by atoms with van der Waals surface area (Å²) >= 11 is 0. The van der Waals surface area contributed by atoms with E-state index >= 15 is 0 Å². The number of aromatic nitrogens is 1. The number of rotatable bonds is 2. The molecule has 5 nitrogen and oxygen atoms in total. The summed E-state index contributed by atoms with van der Waals surface area (Å²) in [5, 5.41) is 0. The van der Waals surface area contributed by atoms with Crippen molar-refractivity contribution < 1.29 is 4.79 Å². The van der Waals surface area contributed by atoms with E-state index in [-0.39, 0.29) is 11.9 Å². The largest absolute Gasteiger partial charge is 0.397 e. The minimum absolute atomic E-state index is 0.225. The number of carbonyl (C=O) groups is 1. The summed E-state index contributed by atoms with van der Waals surface area (Å²) in [5.41, 5.74) is 12.6. The van der Waals surface area contributed by atoms with Crippen molar-refractivity contribution in [2.45, 2.75) is 25.3 Å². The quantitative estimate of drug-likeness (QED) is 0.760. The van der Waals surface area contributed by atoms with Gasteiger partial charge in [-0.2, -0.15) is 0 Å². The number of anilines is 2. The van der Waals surface area contributed by atoms with Crippen molar-refractivity contribution in [1.29, 1.82) is 0 Å². The number of primary amides is 1. The van der Waals surface area contributed by atoms with E-state index in [9.17, 15) is 4.79 Å². The van der Waals surface area contributed by atoms with Crippen LogP contribution in [0.25, 0.3) is 0 Å². The minimum atomic E-state index is -0.276. The van der Waals surface area contributed by atoms with Crippen LogP contribution in [0.4, 0.5) is 11.4 Å². The molecule has 0 spiro atoms. The van der Waals surface area contributed by atoms with Crippen LogP contribution in [0.5, 0.6) is 0 Å². The van der Waals surface area contributed by atoms with E-state index in [1.807, 2.05) is 11.0 Å². The first-order valence-electron chi connectivity index (χ1n) is 5.45. The van der Waals surface area contributed by atoms with Crippen molar-refractivity contribution in [2.24, 2.45) is 5.73 Å². The van der Waals surface area contributed by atoms with Gasteiger partial charge in [-0.15, -0.1) is 0 Å². The molecule has 0 unspecified atom stereocenters. The second-order valence-corrected chi connectivity index (χ2v) is 4.08. The molecule has 1 atom stereocenters. The van der Waals surface area contributed by atoms with Gasteiger partial charge in [0.1, 0.15) is 6.04 Å². The summed E-state index contributed by atoms with van der Waals surface area (Å²) in [6, 6.07) is 1.60. The van der Waals surface area contributed by atoms with E-state index in [2.05, 4.69) is 4.98 Å². The molecule has 1 aromatic heterocycles. The molecule has 1 aromatic rings. The van der Waals surface area contributed by atoms with Gasteiger partial charge < -0.3 is 16.4 Å². The third-order valence-electron chi connectivity index (χ3n) is 2.91. The third kappa shape index (κ3) is 2.08. The van der Waals surface area contributed by atoms with Crippen molar-refractivity contribution in [3.8, 4) is 0 Å². The molecule has 1 fully saturated rings. The average molecular weight is 220 g/mol. The van der Waals surface area contributed by atoms with E-state index in [1.54, 1.807) is 12.4 Å². The molecular formula is C11H16N4O. The molecule has 2 rings (SSSR count). The van der Waals surface area contributed by atoms with Gasteiger partial charge in [0, 0.05) is 12.7 Å². The number of carbonyl (C=O) groups excluding carboxylic acids is 1. The van der Waals surface area contributed by atoms with Crippen LogP contribution in [0, 0.1) is 0 Å². The maximum absolute atomic E-state index is 11.4. The first-order chi connectivity index (χ1) is 7.68. The number of pyridine rings is 1. The lowest BCUT2D eigenvalue weighted by Gasteiger charge is -2.35.